The summed E-state index contributed by atoms with van der Waals surface area (Å²) >= 11 is 5.82. The Kier molecular flexibility index (Phi) is 3.93. The first-order valence-corrected chi connectivity index (χ1v) is 7.54. The molecule has 2 aliphatic heterocycles. The van der Waals surface area contributed by atoms with Gasteiger partial charge in [-0.1, -0.05) is 11.6 Å². The maximum absolute atomic E-state index is 12.8. The van der Waals surface area contributed by atoms with Gasteiger partial charge in [0.1, 0.15) is 0 Å². The van der Waals surface area contributed by atoms with E-state index >= 15 is 0 Å². The predicted molar refractivity (Wildman–Crippen MR) is 76.3 cm³/mol. The molecule has 2 saturated heterocycles. The first-order valence-electron chi connectivity index (χ1n) is 7.16. The summed E-state index contributed by atoms with van der Waals surface area (Å²) in [5.41, 5.74) is 0.358. The highest BCUT2D eigenvalue weighted by molar-refractivity contribution is 6.30. The monoisotopic (exact) mass is 318 g/mol. The van der Waals surface area contributed by atoms with Crippen LogP contribution in [0.1, 0.15) is 24.0 Å². The smallest absolute Gasteiger partial charge is 0.317 e. The Morgan fingerprint density at radius 2 is 1.81 bits per heavy atom. The molecular weight excluding hydrogens is 301 g/mol. The Bertz CT molecular complexity index is 516. The van der Waals surface area contributed by atoms with Crippen molar-refractivity contribution in [1.82, 2.24) is 10.2 Å². The summed E-state index contributed by atoms with van der Waals surface area (Å²) in [6.07, 6.45) is -2.02. The van der Waals surface area contributed by atoms with Crippen LogP contribution in [-0.2, 0) is 12.7 Å². The molecule has 1 aromatic rings. The average Bonchev–Trinajstić information content (AvgIpc) is 2.36. The Labute approximate surface area is 127 Å². The molecule has 1 N–H and O–H groups in total. The van der Waals surface area contributed by atoms with Crippen molar-refractivity contribution in [1.29, 1.82) is 0 Å². The molecule has 2 fully saturated rings. The molecule has 0 amide bonds. The molecule has 1 aromatic carbocycles. The third-order valence-corrected chi connectivity index (χ3v) is 4.69. The molecule has 0 unspecified atom stereocenters. The van der Waals surface area contributed by atoms with Crippen LogP contribution in [0.5, 0.6) is 0 Å². The van der Waals surface area contributed by atoms with E-state index in [1.54, 1.807) is 6.07 Å². The van der Waals surface area contributed by atoms with Gasteiger partial charge in [0.2, 0.25) is 0 Å². The highest BCUT2D eigenvalue weighted by atomic mass is 35.5. The lowest BCUT2D eigenvalue weighted by atomic mass is 9.72. The lowest BCUT2D eigenvalue weighted by Gasteiger charge is -2.52. The molecule has 1 spiro atoms. The van der Waals surface area contributed by atoms with Crippen molar-refractivity contribution >= 4 is 11.6 Å². The van der Waals surface area contributed by atoms with Gasteiger partial charge in [0.05, 0.1) is 5.56 Å². The van der Waals surface area contributed by atoms with Crippen molar-refractivity contribution in [3.05, 3.63) is 34.3 Å². The van der Waals surface area contributed by atoms with Gasteiger partial charge >= 0.3 is 6.18 Å². The van der Waals surface area contributed by atoms with Crippen molar-refractivity contribution < 1.29 is 13.2 Å². The molecule has 2 nitrogen and oxygen atoms in total. The number of hydrogen-bond donors (Lipinski definition) is 1. The Morgan fingerprint density at radius 3 is 2.43 bits per heavy atom. The molecule has 2 heterocycles. The zero-order chi connectivity index (χ0) is 15.1. The summed E-state index contributed by atoms with van der Waals surface area (Å²) in [4.78, 5) is 2.21. The van der Waals surface area contributed by atoms with Gasteiger partial charge in [-0.05, 0) is 55.1 Å². The number of hydrogen-bond acceptors (Lipinski definition) is 2. The number of rotatable bonds is 2. The molecule has 3 rings (SSSR count). The number of likely N-dealkylation sites (tertiary alicyclic amines) is 1. The van der Waals surface area contributed by atoms with Gasteiger partial charge in [-0.15, -0.1) is 0 Å². The highest BCUT2D eigenvalue weighted by Gasteiger charge is 2.43. The number of halogens is 4. The number of alkyl halides is 3. The highest BCUT2D eigenvalue weighted by Crippen LogP contribution is 2.40. The SMILES string of the molecule is FC(F)(F)c1cc(Cl)cc(CN2CC3(CCNCC3)C2)c1. The summed E-state index contributed by atoms with van der Waals surface area (Å²) in [6.45, 7) is 4.58. The minimum Gasteiger partial charge on any atom is -0.317 e. The second-order valence-electron chi connectivity index (χ2n) is 6.24. The minimum absolute atomic E-state index is 0.150. The zero-order valence-electron chi connectivity index (χ0n) is 11.6. The van der Waals surface area contributed by atoms with Crippen LogP contribution in [-0.4, -0.2) is 31.1 Å². The fourth-order valence-electron chi connectivity index (χ4n) is 3.45. The van der Waals surface area contributed by atoms with Crippen LogP contribution in [0.2, 0.25) is 5.02 Å². The van der Waals surface area contributed by atoms with Gasteiger partial charge in [0.15, 0.2) is 0 Å². The van der Waals surface area contributed by atoms with Crippen LogP contribution >= 0.6 is 11.6 Å². The quantitative estimate of drug-likeness (QED) is 0.897. The largest absolute Gasteiger partial charge is 0.416 e. The minimum atomic E-state index is -4.34. The molecule has 6 heteroatoms. The van der Waals surface area contributed by atoms with Crippen LogP contribution in [0.15, 0.2) is 18.2 Å². The van der Waals surface area contributed by atoms with E-state index in [9.17, 15) is 13.2 Å². The van der Waals surface area contributed by atoms with Crippen LogP contribution < -0.4 is 5.32 Å². The standard InChI is InChI=1S/C15H18ClF3N2/c16-13-6-11(5-12(7-13)15(17,18)19)8-21-9-14(10-21)1-3-20-4-2-14/h5-7,20H,1-4,8-10H2. The fraction of sp³-hybridized carbons (Fsp3) is 0.600. The third-order valence-electron chi connectivity index (χ3n) is 4.47. The van der Waals surface area contributed by atoms with Gasteiger partial charge in [0, 0.05) is 24.7 Å². The molecule has 116 valence electrons. The normalized spacial score (nSPS) is 22.3. The first kappa shape index (κ1) is 15.1. The molecule has 0 saturated carbocycles. The second-order valence-corrected chi connectivity index (χ2v) is 6.68. The van der Waals surface area contributed by atoms with Gasteiger partial charge < -0.3 is 5.32 Å². The third kappa shape index (κ3) is 3.35. The Morgan fingerprint density at radius 1 is 1.14 bits per heavy atom. The van der Waals surface area contributed by atoms with E-state index in [0.717, 1.165) is 45.1 Å². The number of benzene rings is 1. The second kappa shape index (κ2) is 5.45. The van der Waals surface area contributed by atoms with Crippen LogP contribution in [0.25, 0.3) is 0 Å². The summed E-state index contributed by atoms with van der Waals surface area (Å²) < 4.78 is 38.4. The molecule has 2 aliphatic rings. The Balaban J connectivity index is 1.65. The zero-order valence-corrected chi connectivity index (χ0v) is 12.4. The fourth-order valence-corrected chi connectivity index (χ4v) is 3.71. The van der Waals surface area contributed by atoms with E-state index in [2.05, 4.69) is 10.2 Å². The lowest BCUT2D eigenvalue weighted by molar-refractivity contribution is -0.137. The summed E-state index contributed by atoms with van der Waals surface area (Å²) in [6, 6.07) is 3.82. The topological polar surface area (TPSA) is 15.3 Å². The summed E-state index contributed by atoms with van der Waals surface area (Å²) in [7, 11) is 0. The molecular formula is C15H18ClF3N2. The summed E-state index contributed by atoms with van der Waals surface area (Å²) in [5, 5.41) is 3.49. The van der Waals surface area contributed by atoms with Gasteiger partial charge in [-0.2, -0.15) is 13.2 Å². The van der Waals surface area contributed by atoms with E-state index in [0.29, 0.717) is 17.5 Å². The molecule has 0 radical (unpaired) electrons. The number of nitrogens with zero attached hydrogens (tertiary/aromatic N) is 1. The number of piperidine rings is 1. The van der Waals surface area contributed by atoms with E-state index in [-0.39, 0.29) is 5.02 Å². The van der Waals surface area contributed by atoms with Crippen LogP contribution in [0, 0.1) is 5.41 Å². The predicted octanol–water partition coefficient (Wildman–Crippen LogP) is 3.54. The molecule has 0 bridgehead atoms. The van der Waals surface area contributed by atoms with Crippen molar-refractivity contribution in [3.63, 3.8) is 0 Å². The van der Waals surface area contributed by atoms with Crippen LogP contribution in [0.4, 0.5) is 13.2 Å². The molecule has 0 aliphatic carbocycles. The van der Waals surface area contributed by atoms with E-state index in [4.69, 9.17) is 11.6 Å². The van der Waals surface area contributed by atoms with Crippen molar-refractivity contribution in [2.75, 3.05) is 26.2 Å². The number of nitrogens with one attached hydrogen (secondary N) is 1. The van der Waals surface area contributed by atoms with Gasteiger partial charge in [0.25, 0.3) is 0 Å². The average molecular weight is 319 g/mol. The van der Waals surface area contributed by atoms with Gasteiger partial charge in [-0.25, -0.2) is 0 Å². The van der Waals surface area contributed by atoms with Crippen molar-refractivity contribution in [2.24, 2.45) is 5.41 Å². The molecule has 0 atom stereocenters. The van der Waals surface area contributed by atoms with Crippen molar-refractivity contribution in [2.45, 2.75) is 25.6 Å². The lowest BCUT2D eigenvalue weighted by Crippen LogP contribution is -2.59. The first-order chi connectivity index (χ1) is 9.86. The van der Waals surface area contributed by atoms with E-state index in [1.807, 2.05) is 0 Å². The maximum atomic E-state index is 12.8. The molecule has 0 aromatic heterocycles. The van der Waals surface area contributed by atoms with E-state index < -0.39 is 11.7 Å². The Hall–Kier alpha value is -0.780. The summed E-state index contributed by atoms with van der Waals surface area (Å²) in [5.74, 6) is 0. The maximum Gasteiger partial charge on any atom is 0.416 e. The van der Waals surface area contributed by atoms with Crippen LogP contribution in [0.3, 0.4) is 0 Å². The van der Waals surface area contributed by atoms with E-state index in [1.165, 1.54) is 6.07 Å². The van der Waals surface area contributed by atoms with Gasteiger partial charge in [-0.3, -0.25) is 4.90 Å². The van der Waals surface area contributed by atoms with Crippen molar-refractivity contribution in [3.8, 4) is 0 Å². The molecule has 21 heavy (non-hydrogen) atoms.